The number of nitrogens with one attached hydrogen (secondary N) is 1. The Morgan fingerprint density at radius 2 is 2.32 bits per heavy atom. The molecule has 0 aromatic carbocycles. The van der Waals surface area contributed by atoms with Crippen LogP contribution < -0.4 is 5.32 Å². The van der Waals surface area contributed by atoms with Gasteiger partial charge >= 0.3 is 0 Å². The van der Waals surface area contributed by atoms with Crippen LogP contribution in [0, 0.1) is 19.8 Å². The van der Waals surface area contributed by atoms with Gasteiger partial charge in [0.05, 0.1) is 17.5 Å². The van der Waals surface area contributed by atoms with Crippen molar-refractivity contribution in [3.63, 3.8) is 0 Å². The number of aromatic nitrogens is 2. The van der Waals surface area contributed by atoms with E-state index >= 15 is 0 Å². The topological polar surface area (TPSA) is 49.6 Å². The van der Waals surface area contributed by atoms with Crippen LogP contribution in [0.5, 0.6) is 0 Å². The Morgan fingerprint density at radius 3 is 3.05 bits per heavy atom. The zero-order valence-corrected chi connectivity index (χ0v) is 12.3. The zero-order chi connectivity index (χ0) is 13.4. The molecule has 1 aliphatic carbocycles. The van der Waals surface area contributed by atoms with E-state index in [9.17, 15) is 5.11 Å². The second-order valence-corrected chi connectivity index (χ2v) is 6.36. The Balaban J connectivity index is 1.68. The van der Waals surface area contributed by atoms with E-state index in [1.807, 2.05) is 0 Å². The molecule has 4 nitrogen and oxygen atoms in total. The van der Waals surface area contributed by atoms with Crippen LogP contribution in [0.2, 0.25) is 0 Å². The van der Waals surface area contributed by atoms with Gasteiger partial charge in [-0.1, -0.05) is 6.42 Å². The van der Waals surface area contributed by atoms with E-state index < -0.39 is 0 Å². The second kappa shape index (κ2) is 5.23. The average molecular weight is 279 g/mol. The number of imidazole rings is 1. The number of fused-ring (bicyclic) bond motifs is 1. The van der Waals surface area contributed by atoms with Gasteiger partial charge in [0.2, 0.25) is 0 Å². The molecule has 2 aromatic heterocycles. The molecule has 2 heterocycles. The Labute approximate surface area is 117 Å². The maximum Gasteiger partial charge on any atom is 0.194 e. The highest BCUT2D eigenvalue weighted by Gasteiger charge is 2.24. The smallest absolute Gasteiger partial charge is 0.194 e. The van der Waals surface area contributed by atoms with Crippen LogP contribution in [-0.4, -0.2) is 27.1 Å². The number of rotatable bonds is 4. The monoisotopic (exact) mass is 279 g/mol. The summed E-state index contributed by atoms with van der Waals surface area (Å²) in [6.45, 7) is 5.92. The molecular formula is C14H21N3OS. The molecule has 0 bridgehead atoms. The molecule has 0 spiro atoms. The highest BCUT2D eigenvalue weighted by molar-refractivity contribution is 7.15. The highest BCUT2D eigenvalue weighted by Crippen LogP contribution is 2.25. The first-order chi connectivity index (χ1) is 9.16. The fraction of sp³-hybridized carbons (Fsp3) is 0.643. The van der Waals surface area contributed by atoms with Crippen molar-refractivity contribution >= 4 is 16.3 Å². The minimum Gasteiger partial charge on any atom is -0.393 e. The van der Waals surface area contributed by atoms with Crippen LogP contribution in [0.3, 0.4) is 0 Å². The number of nitrogens with zero attached hydrogens (tertiary/aromatic N) is 2. The van der Waals surface area contributed by atoms with Gasteiger partial charge < -0.3 is 10.4 Å². The van der Waals surface area contributed by atoms with Crippen LogP contribution in [-0.2, 0) is 6.54 Å². The molecule has 5 heteroatoms. The third-order valence-electron chi connectivity index (χ3n) is 4.15. The van der Waals surface area contributed by atoms with E-state index in [1.165, 1.54) is 11.4 Å². The van der Waals surface area contributed by atoms with Crippen molar-refractivity contribution in [3.8, 4) is 0 Å². The summed E-state index contributed by atoms with van der Waals surface area (Å²) in [7, 11) is 0. The molecule has 2 aromatic rings. The molecule has 3 rings (SSSR count). The summed E-state index contributed by atoms with van der Waals surface area (Å²) in [5.41, 5.74) is 3.61. The molecule has 1 aliphatic rings. The Bertz CT molecular complexity index is 575. The predicted molar refractivity (Wildman–Crippen MR) is 77.6 cm³/mol. The standard InChI is InChI=1S/C14H21N3OS/c1-9-8-19-14-16-10(2)12(17(9)14)7-15-6-11-4-3-5-13(11)18/h8,11,13,15,18H,3-7H2,1-2H3. The van der Waals surface area contributed by atoms with Crippen molar-refractivity contribution in [3.05, 3.63) is 22.5 Å². The Morgan fingerprint density at radius 1 is 1.47 bits per heavy atom. The summed E-state index contributed by atoms with van der Waals surface area (Å²) in [6.07, 6.45) is 3.16. The van der Waals surface area contributed by atoms with Gasteiger partial charge in [0.15, 0.2) is 4.96 Å². The lowest BCUT2D eigenvalue weighted by Crippen LogP contribution is -2.28. The van der Waals surface area contributed by atoms with Crippen molar-refractivity contribution < 1.29 is 5.11 Å². The molecular weight excluding hydrogens is 258 g/mol. The van der Waals surface area contributed by atoms with E-state index in [1.54, 1.807) is 11.3 Å². The van der Waals surface area contributed by atoms with Crippen LogP contribution in [0.4, 0.5) is 0 Å². The fourth-order valence-electron chi connectivity index (χ4n) is 3.01. The molecule has 0 amide bonds. The summed E-state index contributed by atoms with van der Waals surface area (Å²) in [5, 5.41) is 15.5. The van der Waals surface area contributed by atoms with Crippen molar-refractivity contribution in [2.45, 2.75) is 45.8 Å². The SMILES string of the molecule is Cc1nc2scc(C)n2c1CNCC1CCCC1O. The molecule has 2 unspecified atom stereocenters. The first kappa shape index (κ1) is 13.1. The number of thiazole rings is 1. The van der Waals surface area contributed by atoms with Gasteiger partial charge in [-0.15, -0.1) is 11.3 Å². The molecule has 0 saturated heterocycles. The van der Waals surface area contributed by atoms with E-state index in [-0.39, 0.29) is 6.10 Å². The lowest BCUT2D eigenvalue weighted by molar-refractivity contribution is 0.131. The number of aliphatic hydroxyl groups is 1. The average Bonchev–Trinajstić information content (AvgIpc) is 3.01. The molecule has 2 atom stereocenters. The quantitative estimate of drug-likeness (QED) is 0.902. The van der Waals surface area contributed by atoms with Gasteiger partial charge in [0, 0.05) is 24.2 Å². The van der Waals surface area contributed by atoms with Crippen molar-refractivity contribution in [1.29, 1.82) is 0 Å². The first-order valence-corrected chi connectivity index (χ1v) is 7.85. The summed E-state index contributed by atoms with van der Waals surface area (Å²) < 4.78 is 2.23. The Kier molecular flexibility index (Phi) is 3.60. The van der Waals surface area contributed by atoms with Crippen LogP contribution in [0.15, 0.2) is 5.38 Å². The third-order valence-corrected chi connectivity index (χ3v) is 5.09. The number of aliphatic hydroxyl groups excluding tert-OH is 1. The fourth-order valence-corrected chi connectivity index (χ4v) is 3.94. The van der Waals surface area contributed by atoms with E-state index in [4.69, 9.17) is 0 Å². The minimum absolute atomic E-state index is 0.109. The molecule has 104 valence electrons. The molecule has 0 aliphatic heterocycles. The van der Waals surface area contributed by atoms with E-state index in [2.05, 4.69) is 33.9 Å². The molecule has 0 radical (unpaired) electrons. The zero-order valence-electron chi connectivity index (χ0n) is 11.5. The van der Waals surface area contributed by atoms with Gasteiger partial charge in [0.1, 0.15) is 0 Å². The van der Waals surface area contributed by atoms with Crippen molar-refractivity contribution in [1.82, 2.24) is 14.7 Å². The summed E-state index contributed by atoms with van der Waals surface area (Å²) in [5.74, 6) is 0.423. The summed E-state index contributed by atoms with van der Waals surface area (Å²) in [4.78, 5) is 5.67. The minimum atomic E-state index is -0.109. The van der Waals surface area contributed by atoms with Crippen LogP contribution in [0.25, 0.3) is 4.96 Å². The lowest BCUT2D eigenvalue weighted by Gasteiger charge is -2.15. The lowest BCUT2D eigenvalue weighted by atomic mass is 10.1. The second-order valence-electron chi connectivity index (χ2n) is 5.53. The van der Waals surface area contributed by atoms with Crippen molar-refractivity contribution in [2.75, 3.05) is 6.54 Å². The van der Waals surface area contributed by atoms with Gasteiger partial charge in [0.25, 0.3) is 0 Å². The maximum atomic E-state index is 9.83. The first-order valence-electron chi connectivity index (χ1n) is 6.97. The van der Waals surface area contributed by atoms with Gasteiger partial charge in [-0.05, 0) is 32.6 Å². The number of hydrogen-bond donors (Lipinski definition) is 2. The van der Waals surface area contributed by atoms with Gasteiger partial charge in [-0.3, -0.25) is 4.40 Å². The van der Waals surface area contributed by atoms with Crippen LogP contribution in [0.1, 0.15) is 36.3 Å². The maximum absolute atomic E-state index is 9.83. The van der Waals surface area contributed by atoms with Crippen LogP contribution >= 0.6 is 11.3 Å². The highest BCUT2D eigenvalue weighted by atomic mass is 32.1. The number of aryl methyl sites for hydroxylation is 2. The molecule has 1 fully saturated rings. The van der Waals surface area contributed by atoms with E-state index in [0.717, 1.165) is 43.0 Å². The third kappa shape index (κ3) is 2.42. The largest absolute Gasteiger partial charge is 0.393 e. The predicted octanol–water partition coefficient (Wildman–Crippen LogP) is 2.26. The molecule has 2 N–H and O–H groups in total. The summed E-state index contributed by atoms with van der Waals surface area (Å²) in [6, 6.07) is 0. The Hall–Kier alpha value is -0.910. The van der Waals surface area contributed by atoms with E-state index in [0.29, 0.717) is 5.92 Å². The van der Waals surface area contributed by atoms with Gasteiger partial charge in [-0.2, -0.15) is 0 Å². The summed E-state index contributed by atoms with van der Waals surface area (Å²) >= 11 is 1.69. The van der Waals surface area contributed by atoms with Crippen molar-refractivity contribution in [2.24, 2.45) is 5.92 Å². The number of hydrogen-bond acceptors (Lipinski definition) is 4. The van der Waals surface area contributed by atoms with Gasteiger partial charge in [-0.25, -0.2) is 4.98 Å². The normalized spacial score (nSPS) is 23.5. The molecule has 19 heavy (non-hydrogen) atoms. The molecule has 1 saturated carbocycles.